The summed E-state index contributed by atoms with van der Waals surface area (Å²) in [6, 6.07) is 5.21. The van der Waals surface area contributed by atoms with Crippen molar-refractivity contribution in [1.29, 1.82) is 0 Å². The number of nitrogens with one attached hydrogen (secondary N) is 1. The van der Waals surface area contributed by atoms with Crippen molar-refractivity contribution in [1.82, 2.24) is 0 Å². The first-order valence-corrected chi connectivity index (χ1v) is 5.42. The number of nitrogens with two attached hydrogens (primary N) is 1. The number of nitrogen functional groups attached to an aromatic ring is 1. The summed E-state index contributed by atoms with van der Waals surface area (Å²) in [5.74, 6) is 1.25. The van der Waals surface area contributed by atoms with Crippen LogP contribution in [-0.2, 0) is 4.79 Å². The molecule has 0 aromatic heterocycles. The third-order valence-corrected chi connectivity index (χ3v) is 2.67. The molecule has 1 fully saturated rings. The summed E-state index contributed by atoms with van der Waals surface area (Å²) >= 11 is 0. The van der Waals surface area contributed by atoms with Gasteiger partial charge in [0.05, 0.1) is 12.8 Å². The molecule has 2 rings (SSSR count). The lowest BCUT2D eigenvalue weighted by Gasteiger charge is -2.10. The first kappa shape index (κ1) is 10.8. The average Bonchev–Trinajstić information content (AvgIpc) is 3.02. The van der Waals surface area contributed by atoms with Gasteiger partial charge in [-0.1, -0.05) is 0 Å². The van der Waals surface area contributed by atoms with Gasteiger partial charge in [-0.3, -0.25) is 4.79 Å². The highest BCUT2D eigenvalue weighted by atomic mass is 16.5. The molecule has 4 heteroatoms. The fourth-order valence-corrected chi connectivity index (χ4v) is 1.61. The molecule has 3 N–H and O–H groups in total. The second-order valence-corrected chi connectivity index (χ2v) is 4.16. The lowest BCUT2D eigenvalue weighted by molar-refractivity contribution is -0.116. The molecule has 0 radical (unpaired) electrons. The van der Waals surface area contributed by atoms with Gasteiger partial charge in [-0.25, -0.2) is 0 Å². The first-order chi connectivity index (χ1) is 7.69. The molecule has 1 amide bonds. The number of benzene rings is 1. The SMILES string of the molecule is COc1ccc(N)cc1NC(=O)CC1CC1. The zero-order chi connectivity index (χ0) is 11.5. The lowest BCUT2D eigenvalue weighted by atomic mass is 10.2. The van der Waals surface area contributed by atoms with Gasteiger partial charge < -0.3 is 15.8 Å². The summed E-state index contributed by atoms with van der Waals surface area (Å²) in [6.45, 7) is 0. The third kappa shape index (κ3) is 2.66. The van der Waals surface area contributed by atoms with Crippen molar-refractivity contribution in [3.63, 3.8) is 0 Å². The maximum Gasteiger partial charge on any atom is 0.224 e. The Bertz CT molecular complexity index is 400. The molecule has 1 aromatic carbocycles. The van der Waals surface area contributed by atoms with E-state index in [2.05, 4.69) is 5.32 Å². The van der Waals surface area contributed by atoms with Crippen molar-refractivity contribution in [3.05, 3.63) is 18.2 Å². The van der Waals surface area contributed by atoms with Gasteiger partial charge in [-0.2, -0.15) is 0 Å². The Hall–Kier alpha value is -1.71. The molecule has 0 bridgehead atoms. The van der Waals surface area contributed by atoms with E-state index in [0.29, 0.717) is 29.5 Å². The number of anilines is 2. The normalized spacial score (nSPS) is 14.6. The number of hydrogen-bond acceptors (Lipinski definition) is 3. The van der Waals surface area contributed by atoms with Gasteiger partial charge in [0.1, 0.15) is 5.75 Å². The maximum atomic E-state index is 11.6. The molecule has 0 spiro atoms. The van der Waals surface area contributed by atoms with E-state index in [1.54, 1.807) is 25.3 Å². The van der Waals surface area contributed by atoms with E-state index in [-0.39, 0.29) is 5.91 Å². The Morgan fingerprint density at radius 2 is 2.31 bits per heavy atom. The minimum absolute atomic E-state index is 0.0337. The fraction of sp³-hybridized carbons (Fsp3) is 0.417. The second kappa shape index (κ2) is 4.43. The van der Waals surface area contributed by atoms with E-state index in [9.17, 15) is 4.79 Å². The van der Waals surface area contributed by atoms with Gasteiger partial charge in [0.25, 0.3) is 0 Å². The Kier molecular flexibility index (Phi) is 2.99. The summed E-state index contributed by atoms with van der Waals surface area (Å²) in [5.41, 5.74) is 6.92. The van der Waals surface area contributed by atoms with E-state index in [4.69, 9.17) is 10.5 Å². The molecule has 0 heterocycles. The Morgan fingerprint density at radius 1 is 1.56 bits per heavy atom. The van der Waals surface area contributed by atoms with Crippen LogP contribution in [0, 0.1) is 5.92 Å². The van der Waals surface area contributed by atoms with Crippen molar-refractivity contribution >= 4 is 17.3 Å². The minimum atomic E-state index is 0.0337. The Balaban J connectivity index is 2.05. The van der Waals surface area contributed by atoms with Crippen LogP contribution in [0.15, 0.2) is 18.2 Å². The summed E-state index contributed by atoms with van der Waals surface area (Å²) in [7, 11) is 1.57. The zero-order valence-corrected chi connectivity index (χ0v) is 9.32. The molecule has 16 heavy (non-hydrogen) atoms. The van der Waals surface area contributed by atoms with Gasteiger partial charge >= 0.3 is 0 Å². The van der Waals surface area contributed by atoms with E-state index in [0.717, 1.165) is 0 Å². The molecule has 0 unspecified atom stereocenters. The first-order valence-electron chi connectivity index (χ1n) is 5.42. The van der Waals surface area contributed by atoms with Crippen molar-refractivity contribution in [2.75, 3.05) is 18.2 Å². The van der Waals surface area contributed by atoms with E-state index < -0.39 is 0 Å². The molecular formula is C12H16N2O2. The number of amides is 1. The number of ether oxygens (including phenoxy) is 1. The van der Waals surface area contributed by atoms with Gasteiger partial charge in [0, 0.05) is 12.1 Å². The summed E-state index contributed by atoms with van der Waals surface area (Å²) < 4.78 is 5.15. The summed E-state index contributed by atoms with van der Waals surface area (Å²) in [5, 5.41) is 2.83. The average molecular weight is 220 g/mol. The van der Waals surface area contributed by atoms with E-state index in [1.165, 1.54) is 12.8 Å². The van der Waals surface area contributed by atoms with Gasteiger partial charge in [-0.15, -0.1) is 0 Å². The van der Waals surface area contributed by atoms with Gasteiger partial charge in [0.2, 0.25) is 5.91 Å². The lowest BCUT2D eigenvalue weighted by Crippen LogP contribution is -2.12. The number of methoxy groups -OCH3 is 1. The number of carbonyl (C=O) groups excluding carboxylic acids is 1. The molecule has 0 atom stereocenters. The van der Waals surface area contributed by atoms with Crippen LogP contribution < -0.4 is 15.8 Å². The Morgan fingerprint density at radius 3 is 2.94 bits per heavy atom. The molecule has 1 aliphatic rings. The van der Waals surface area contributed by atoms with Crippen LogP contribution in [0.3, 0.4) is 0 Å². The van der Waals surface area contributed by atoms with Crippen LogP contribution in [0.4, 0.5) is 11.4 Å². The predicted octanol–water partition coefficient (Wildman–Crippen LogP) is 2.02. The molecular weight excluding hydrogens is 204 g/mol. The molecule has 86 valence electrons. The molecule has 0 saturated heterocycles. The minimum Gasteiger partial charge on any atom is -0.495 e. The highest BCUT2D eigenvalue weighted by Crippen LogP contribution is 2.33. The van der Waals surface area contributed by atoms with Gasteiger partial charge in [-0.05, 0) is 37.0 Å². The zero-order valence-electron chi connectivity index (χ0n) is 9.32. The number of carbonyl (C=O) groups is 1. The van der Waals surface area contributed by atoms with Crippen LogP contribution in [0.5, 0.6) is 5.75 Å². The number of rotatable bonds is 4. The third-order valence-electron chi connectivity index (χ3n) is 2.67. The quantitative estimate of drug-likeness (QED) is 0.763. The van der Waals surface area contributed by atoms with Crippen molar-refractivity contribution < 1.29 is 9.53 Å². The maximum absolute atomic E-state index is 11.6. The van der Waals surface area contributed by atoms with Crippen LogP contribution in [0.25, 0.3) is 0 Å². The predicted molar refractivity (Wildman–Crippen MR) is 63.4 cm³/mol. The van der Waals surface area contributed by atoms with Gasteiger partial charge in [0.15, 0.2) is 0 Å². The topological polar surface area (TPSA) is 64.3 Å². The van der Waals surface area contributed by atoms with Crippen molar-refractivity contribution in [2.45, 2.75) is 19.3 Å². The van der Waals surface area contributed by atoms with Crippen LogP contribution in [-0.4, -0.2) is 13.0 Å². The fourth-order valence-electron chi connectivity index (χ4n) is 1.61. The molecule has 1 aliphatic carbocycles. The van der Waals surface area contributed by atoms with Crippen LogP contribution >= 0.6 is 0 Å². The Labute approximate surface area is 94.8 Å². The van der Waals surface area contributed by atoms with Crippen LogP contribution in [0.2, 0.25) is 0 Å². The molecule has 4 nitrogen and oxygen atoms in total. The van der Waals surface area contributed by atoms with E-state index in [1.807, 2.05) is 0 Å². The van der Waals surface area contributed by atoms with Crippen molar-refractivity contribution in [2.24, 2.45) is 5.92 Å². The molecule has 1 saturated carbocycles. The standard InChI is InChI=1S/C12H16N2O2/c1-16-11-5-4-9(13)7-10(11)14-12(15)6-8-2-3-8/h4-5,7-8H,2-3,6,13H2,1H3,(H,14,15). The van der Waals surface area contributed by atoms with Crippen LogP contribution in [0.1, 0.15) is 19.3 Å². The largest absolute Gasteiger partial charge is 0.495 e. The van der Waals surface area contributed by atoms with Crippen molar-refractivity contribution in [3.8, 4) is 5.75 Å². The smallest absolute Gasteiger partial charge is 0.224 e. The summed E-state index contributed by atoms with van der Waals surface area (Å²) in [4.78, 5) is 11.6. The number of hydrogen-bond donors (Lipinski definition) is 2. The molecule has 1 aromatic rings. The van der Waals surface area contributed by atoms with E-state index >= 15 is 0 Å². The monoisotopic (exact) mass is 220 g/mol. The summed E-state index contributed by atoms with van der Waals surface area (Å²) in [6.07, 6.45) is 2.93. The second-order valence-electron chi connectivity index (χ2n) is 4.16. The molecule has 0 aliphatic heterocycles. The highest BCUT2D eigenvalue weighted by Gasteiger charge is 2.24. The highest BCUT2D eigenvalue weighted by molar-refractivity contribution is 5.93.